The molecule has 146 valence electrons. The lowest BCUT2D eigenvalue weighted by Crippen LogP contribution is -2.12. The van der Waals surface area contributed by atoms with Gasteiger partial charge in [-0.25, -0.2) is 4.98 Å². The molecule has 0 bridgehead atoms. The molecular weight excluding hydrogens is 395 g/mol. The summed E-state index contributed by atoms with van der Waals surface area (Å²) in [5.74, 6) is 0.257. The van der Waals surface area contributed by atoms with Crippen LogP contribution in [-0.2, 0) is 6.18 Å². The van der Waals surface area contributed by atoms with E-state index >= 15 is 0 Å². The Bertz CT molecular complexity index is 954. The molecule has 2 heterocycles. The molecule has 2 aromatic heterocycles. The standard InChI is InChI=1S/C18H15ClF3N5O/c19-13-3-1-2-12(18(20,21)22)16(13)26-15-10-14(11-4-6-23-7-5-11)25-17(27-15)24-8-9-28/h1-7,10,28H,8-9H2,(H2,24,25,26,27). The first-order chi connectivity index (χ1) is 13.4. The maximum absolute atomic E-state index is 13.3. The first-order valence-corrected chi connectivity index (χ1v) is 8.53. The van der Waals surface area contributed by atoms with Crippen molar-refractivity contribution < 1.29 is 18.3 Å². The molecule has 0 aliphatic heterocycles. The fraction of sp³-hybridized carbons (Fsp3) is 0.167. The lowest BCUT2D eigenvalue weighted by molar-refractivity contribution is -0.136. The molecule has 3 N–H and O–H groups in total. The Kier molecular flexibility index (Phi) is 5.96. The van der Waals surface area contributed by atoms with Gasteiger partial charge < -0.3 is 15.7 Å². The topological polar surface area (TPSA) is 83.0 Å². The summed E-state index contributed by atoms with van der Waals surface area (Å²) >= 11 is 6.00. The Labute approximate surface area is 163 Å². The summed E-state index contributed by atoms with van der Waals surface area (Å²) in [6.07, 6.45) is -1.45. The van der Waals surface area contributed by atoms with Gasteiger partial charge in [0.25, 0.3) is 0 Å². The molecule has 0 spiro atoms. The van der Waals surface area contributed by atoms with Gasteiger partial charge in [-0.3, -0.25) is 4.98 Å². The first kappa shape index (κ1) is 19.8. The minimum atomic E-state index is -4.59. The van der Waals surface area contributed by atoms with Crippen LogP contribution in [0.4, 0.5) is 30.6 Å². The van der Waals surface area contributed by atoms with E-state index in [2.05, 4.69) is 25.6 Å². The van der Waals surface area contributed by atoms with Crippen LogP contribution < -0.4 is 10.6 Å². The van der Waals surface area contributed by atoms with E-state index in [1.165, 1.54) is 18.2 Å². The SMILES string of the molecule is OCCNc1nc(Nc2c(Cl)cccc2C(F)(F)F)cc(-c2ccncc2)n1. The molecule has 0 unspecified atom stereocenters. The minimum Gasteiger partial charge on any atom is -0.395 e. The van der Waals surface area contributed by atoms with Crippen LogP contribution in [0.25, 0.3) is 11.3 Å². The normalized spacial score (nSPS) is 11.3. The molecular formula is C18H15ClF3N5O. The third kappa shape index (κ3) is 4.68. The maximum Gasteiger partial charge on any atom is 0.418 e. The van der Waals surface area contributed by atoms with Gasteiger partial charge >= 0.3 is 6.18 Å². The first-order valence-electron chi connectivity index (χ1n) is 8.15. The Balaban J connectivity index is 2.05. The van der Waals surface area contributed by atoms with Gasteiger partial charge in [-0.1, -0.05) is 17.7 Å². The van der Waals surface area contributed by atoms with Gasteiger partial charge in [-0.15, -0.1) is 0 Å². The quantitative estimate of drug-likeness (QED) is 0.561. The third-order valence-electron chi connectivity index (χ3n) is 3.67. The highest BCUT2D eigenvalue weighted by molar-refractivity contribution is 6.33. The molecule has 3 aromatic rings. The molecule has 0 aliphatic rings. The molecule has 0 saturated heterocycles. The van der Waals surface area contributed by atoms with E-state index in [0.29, 0.717) is 11.3 Å². The average Bonchev–Trinajstić information content (AvgIpc) is 2.67. The Morgan fingerprint density at radius 1 is 1.07 bits per heavy atom. The van der Waals surface area contributed by atoms with Gasteiger partial charge in [0, 0.05) is 30.6 Å². The van der Waals surface area contributed by atoms with Crippen molar-refractivity contribution in [1.82, 2.24) is 15.0 Å². The van der Waals surface area contributed by atoms with E-state index in [1.54, 1.807) is 24.5 Å². The highest BCUT2D eigenvalue weighted by Gasteiger charge is 2.34. The number of halogens is 4. The van der Waals surface area contributed by atoms with Gasteiger partial charge in [0.2, 0.25) is 5.95 Å². The van der Waals surface area contributed by atoms with Crippen LogP contribution in [0.15, 0.2) is 48.8 Å². The number of alkyl halides is 3. The number of rotatable bonds is 6. The van der Waals surface area contributed by atoms with Crippen molar-refractivity contribution in [1.29, 1.82) is 0 Å². The van der Waals surface area contributed by atoms with Crippen LogP contribution in [0.3, 0.4) is 0 Å². The highest BCUT2D eigenvalue weighted by Crippen LogP contribution is 2.39. The van der Waals surface area contributed by atoms with Crippen LogP contribution in [0.2, 0.25) is 5.02 Å². The van der Waals surface area contributed by atoms with Crippen molar-refractivity contribution >= 4 is 29.1 Å². The van der Waals surface area contributed by atoms with Crippen molar-refractivity contribution in [2.45, 2.75) is 6.18 Å². The van der Waals surface area contributed by atoms with Crippen LogP contribution in [0.1, 0.15) is 5.56 Å². The van der Waals surface area contributed by atoms with E-state index in [1.807, 2.05) is 0 Å². The Morgan fingerprint density at radius 2 is 1.82 bits per heavy atom. The number of pyridine rings is 1. The molecule has 0 atom stereocenters. The average molecular weight is 410 g/mol. The highest BCUT2D eigenvalue weighted by atomic mass is 35.5. The number of hydrogen-bond acceptors (Lipinski definition) is 6. The maximum atomic E-state index is 13.3. The van der Waals surface area contributed by atoms with Gasteiger partial charge in [0.05, 0.1) is 28.6 Å². The molecule has 28 heavy (non-hydrogen) atoms. The van der Waals surface area contributed by atoms with Crippen LogP contribution in [0, 0.1) is 0 Å². The number of aliphatic hydroxyl groups is 1. The van der Waals surface area contributed by atoms with Gasteiger partial charge in [0.1, 0.15) is 5.82 Å². The number of nitrogens with one attached hydrogen (secondary N) is 2. The zero-order valence-corrected chi connectivity index (χ0v) is 15.1. The van der Waals surface area contributed by atoms with Gasteiger partial charge in [0.15, 0.2) is 0 Å². The van der Waals surface area contributed by atoms with E-state index in [9.17, 15) is 13.2 Å². The number of aliphatic hydroxyl groups excluding tert-OH is 1. The number of benzene rings is 1. The number of nitrogens with zero attached hydrogens (tertiary/aromatic N) is 3. The summed E-state index contributed by atoms with van der Waals surface area (Å²) < 4.78 is 40.0. The fourth-order valence-corrected chi connectivity index (χ4v) is 2.67. The van der Waals surface area contributed by atoms with E-state index in [4.69, 9.17) is 16.7 Å². The van der Waals surface area contributed by atoms with Crippen LogP contribution in [0.5, 0.6) is 0 Å². The monoisotopic (exact) mass is 409 g/mol. The summed E-state index contributed by atoms with van der Waals surface area (Å²) in [6.45, 7) is 0.0213. The van der Waals surface area contributed by atoms with E-state index < -0.39 is 11.7 Å². The van der Waals surface area contributed by atoms with Crippen LogP contribution in [-0.4, -0.2) is 33.2 Å². The minimum absolute atomic E-state index is 0.0937. The number of anilines is 3. The molecule has 0 amide bonds. The molecule has 0 fully saturated rings. The lowest BCUT2D eigenvalue weighted by atomic mass is 10.1. The predicted molar refractivity (Wildman–Crippen MR) is 101 cm³/mol. The molecule has 10 heteroatoms. The van der Waals surface area contributed by atoms with Gasteiger partial charge in [-0.05, 0) is 24.3 Å². The van der Waals surface area contributed by atoms with Crippen molar-refractivity contribution in [2.24, 2.45) is 0 Å². The summed E-state index contributed by atoms with van der Waals surface area (Å²) in [5.41, 5.74) is -0.0539. The second kappa shape index (κ2) is 8.41. The van der Waals surface area contributed by atoms with E-state index in [-0.39, 0.29) is 35.6 Å². The zero-order valence-electron chi connectivity index (χ0n) is 14.3. The number of hydrogen-bond donors (Lipinski definition) is 3. The second-order valence-electron chi connectivity index (χ2n) is 5.63. The zero-order chi connectivity index (χ0) is 20.1. The molecule has 6 nitrogen and oxygen atoms in total. The summed E-state index contributed by atoms with van der Waals surface area (Å²) in [5, 5.41) is 14.4. The molecule has 0 saturated carbocycles. The van der Waals surface area contributed by atoms with E-state index in [0.717, 1.165) is 6.07 Å². The van der Waals surface area contributed by atoms with Crippen molar-refractivity contribution in [3.8, 4) is 11.3 Å². The third-order valence-corrected chi connectivity index (χ3v) is 3.98. The second-order valence-corrected chi connectivity index (χ2v) is 6.04. The van der Waals surface area contributed by atoms with Gasteiger partial charge in [-0.2, -0.15) is 18.2 Å². The van der Waals surface area contributed by atoms with Crippen LogP contribution >= 0.6 is 11.6 Å². The summed E-state index contributed by atoms with van der Waals surface area (Å²) in [6, 6.07) is 8.44. The summed E-state index contributed by atoms with van der Waals surface area (Å²) in [7, 11) is 0. The Hall–Kier alpha value is -2.91. The molecule has 0 radical (unpaired) electrons. The van der Waals surface area contributed by atoms with Crippen molar-refractivity contribution in [3.05, 3.63) is 59.4 Å². The smallest absolute Gasteiger partial charge is 0.395 e. The molecule has 3 rings (SSSR count). The number of para-hydroxylation sites is 1. The largest absolute Gasteiger partial charge is 0.418 e. The predicted octanol–water partition coefficient (Wildman–Crippen LogP) is 4.36. The molecule has 0 aliphatic carbocycles. The fourth-order valence-electron chi connectivity index (χ4n) is 2.44. The number of aromatic nitrogens is 3. The lowest BCUT2D eigenvalue weighted by Gasteiger charge is -2.16. The molecule has 1 aromatic carbocycles. The summed E-state index contributed by atoms with van der Waals surface area (Å²) in [4.78, 5) is 12.4. The van der Waals surface area contributed by atoms with Crippen molar-refractivity contribution in [3.63, 3.8) is 0 Å². The van der Waals surface area contributed by atoms with Crippen molar-refractivity contribution in [2.75, 3.05) is 23.8 Å². The Morgan fingerprint density at radius 3 is 2.50 bits per heavy atom.